The zero-order chi connectivity index (χ0) is 35.8. The van der Waals surface area contributed by atoms with Crippen molar-refractivity contribution in [1.82, 2.24) is 4.90 Å². The summed E-state index contributed by atoms with van der Waals surface area (Å²) in [6, 6.07) is 0.244. The lowest BCUT2D eigenvalue weighted by Gasteiger charge is -2.68. The van der Waals surface area contributed by atoms with Gasteiger partial charge in [-0.1, -0.05) is 19.9 Å². The first-order valence-electron chi connectivity index (χ1n) is 19.2. The standard InChI is InChI=1S/C38H53NO12/c1-17-12-39-13-20-5-4-19-6-8-25-23(11-37(38(19,25)47)31(39)21(17)9-10-36(20,37)2)33(46)48-16-26-28(41)29(42)30(43)35(50-26)51-34-27-18(14-40)3-7-22(27)24(15-49-34)32(44)45/h3,15,17,19-23,25-31,34-35,40-43,47H,4-14,16H2,1-2H3,(H,44,45)/t17-,19?,20+,21?,22-,23?,25?,26-,27-,28-,29+,30-,31?,34+,35+,36+,37?,38+/m1/s1. The van der Waals surface area contributed by atoms with Gasteiger partial charge in [-0.15, -0.1) is 0 Å². The Morgan fingerprint density at radius 2 is 1.78 bits per heavy atom. The molecule has 6 N–H and O–H groups in total. The van der Waals surface area contributed by atoms with E-state index in [4.69, 9.17) is 18.9 Å². The summed E-state index contributed by atoms with van der Waals surface area (Å²) in [6.07, 6.45) is 0.854. The maximum atomic E-state index is 14.3. The molecule has 0 radical (unpaired) electrons. The van der Waals surface area contributed by atoms with Crippen LogP contribution < -0.4 is 0 Å². The van der Waals surface area contributed by atoms with E-state index in [0.717, 1.165) is 57.9 Å². The number of rotatable bonds is 7. The molecule has 13 heteroatoms. The average Bonchev–Trinajstić information content (AvgIpc) is 3.83. The number of esters is 1. The zero-order valence-corrected chi connectivity index (χ0v) is 29.4. The zero-order valence-electron chi connectivity index (χ0n) is 29.4. The first-order valence-corrected chi connectivity index (χ1v) is 19.2. The van der Waals surface area contributed by atoms with Crippen molar-refractivity contribution < 1.29 is 59.2 Å². The summed E-state index contributed by atoms with van der Waals surface area (Å²) in [5.74, 6) is -1.84. The van der Waals surface area contributed by atoms with E-state index in [1.807, 2.05) is 0 Å². The van der Waals surface area contributed by atoms with E-state index in [1.54, 1.807) is 6.08 Å². The van der Waals surface area contributed by atoms with Gasteiger partial charge >= 0.3 is 11.9 Å². The predicted molar refractivity (Wildman–Crippen MR) is 176 cm³/mol. The molecule has 0 aromatic rings. The summed E-state index contributed by atoms with van der Waals surface area (Å²) in [6.45, 7) is 6.13. The fraction of sp³-hybridized carbons (Fsp3) is 0.842. The monoisotopic (exact) mass is 715 g/mol. The van der Waals surface area contributed by atoms with E-state index in [0.29, 0.717) is 36.2 Å². The molecule has 0 aromatic heterocycles. The van der Waals surface area contributed by atoms with E-state index in [1.165, 1.54) is 0 Å². The van der Waals surface area contributed by atoms with Crippen LogP contribution in [0, 0.1) is 58.2 Å². The predicted octanol–water partition coefficient (Wildman–Crippen LogP) is 1.16. The van der Waals surface area contributed by atoms with Crippen LogP contribution in [0.25, 0.3) is 0 Å². The number of aliphatic hydroxyl groups is 5. The maximum Gasteiger partial charge on any atom is 0.335 e. The number of aliphatic carboxylic acids is 1. The van der Waals surface area contributed by atoms with E-state index in [2.05, 4.69) is 18.7 Å². The topological polar surface area (TPSA) is 196 Å². The molecule has 4 saturated carbocycles. The van der Waals surface area contributed by atoms with Gasteiger partial charge in [0.25, 0.3) is 0 Å². The molecule has 5 aliphatic carbocycles. The fourth-order valence-corrected chi connectivity index (χ4v) is 13.9. The molecule has 51 heavy (non-hydrogen) atoms. The second-order valence-corrected chi connectivity index (χ2v) is 17.7. The summed E-state index contributed by atoms with van der Waals surface area (Å²) >= 11 is 0. The Kier molecular flexibility index (Phi) is 8.12. The molecule has 9 rings (SSSR count). The first-order chi connectivity index (χ1) is 24.4. The number of carboxylic acid groups (broad SMARTS) is 1. The molecule has 4 aliphatic heterocycles. The maximum absolute atomic E-state index is 14.3. The highest BCUT2D eigenvalue weighted by atomic mass is 16.8. The number of hydrogen-bond acceptors (Lipinski definition) is 12. The van der Waals surface area contributed by atoms with Gasteiger partial charge in [0.15, 0.2) is 6.29 Å². The summed E-state index contributed by atoms with van der Waals surface area (Å²) in [7, 11) is 0. The number of carboxylic acids is 1. The lowest BCUT2D eigenvalue weighted by atomic mass is 9.41. The Morgan fingerprint density at radius 3 is 2.55 bits per heavy atom. The number of carbonyl (C=O) groups excluding carboxylic acids is 1. The second kappa shape index (κ2) is 11.9. The van der Waals surface area contributed by atoms with Crippen molar-refractivity contribution in [3.8, 4) is 0 Å². The van der Waals surface area contributed by atoms with Crippen LogP contribution in [0.3, 0.4) is 0 Å². The van der Waals surface area contributed by atoms with Gasteiger partial charge in [0.05, 0.1) is 35.9 Å². The fourth-order valence-electron chi connectivity index (χ4n) is 13.9. The summed E-state index contributed by atoms with van der Waals surface area (Å²) < 4.78 is 23.6. The van der Waals surface area contributed by atoms with Crippen LogP contribution in [0.4, 0.5) is 0 Å². The first kappa shape index (κ1) is 34.7. The molecular weight excluding hydrogens is 662 g/mol. The van der Waals surface area contributed by atoms with Crippen molar-refractivity contribution >= 4 is 11.9 Å². The van der Waals surface area contributed by atoms with Gasteiger partial charge in [-0.3, -0.25) is 9.69 Å². The molecule has 282 valence electrons. The largest absolute Gasteiger partial charge is 0.478 e. The Bertz CT molecular complexity index is 1520. The molecule has 3 saturated heterocycles. The highest BCUT2D eigenvalue weighted by Gasteiger charge is 2.82. The summed E-state index contributed by atoms with van der Waals surface area (Å²) in [5, 5.41) is 65.6. The van der Waals surface area contributed by atoms with Crippen LogP contribution in [-0.2, 0) is 28.5 Å². The van der Waals surface area contributed by atoms with Crippen LogP contribution in [0.2, 0.25) is 0 Å². The summed E-state index contributed by atoms with van der Waals surface area (Å²) in [5.41, 5.74) is -0.878. The van der Waals surface area contributed by atoms with Crippen LogP contribution in [0.15, 0.2) is 23.5 Å². The van der Waals surface area contributed by atoms with Gasteiger partial charge in [-0.2, -0.15) is 0 Å². The highest BCUT2D eigenvalue weighted by molar-refractivity contribution is 5.87. The number of piperidine rings is 1. The van der Waals surface area contributed by atoms with Crippen LogP contribution >= 0.6 is 0 Å². The molecule has 18 atom stereocenters. The lowest BCUT2D eigenvalue weighted by molar-refractivity contribution is -0.340. The number of fused-ring (bicyclic) bond motifs is 1. The smallest absolute Gasteiger partial charge is 0.335 e. The Hall–Kier alpha value is -2.10. The van der Waals surface area contributed by atoms with Gasteiger partial charge in [0, 0.05) is 36.4 Å². The van der Waals surface area contributed by atoms with Crippen molar-refractivity contribution in [2.24, 2.45) is 58.2 Å². The second-order valence-electron chi connectivity index (χ2n) is 17.7. The third-order valence-corrected chi connectivity index (χ3v) is 16.1. The van der Waals surface area contributed by atoms with Gasteiger partial charge in [0.2, 0.25) is 6.29 Å². The molecule has 7 fully saturated rings. The average molecular weight is 716 g/mol. The minimum Gasteiger partial charge on any atom is -0.478 e. The van der Waals surface area contributed by atoms with E-state index < -0.39 is 84.3 Å². The van der Waals surface area contributed by atoms with E-state index >= 15 is 0 Å². The molecule has 6 unspecified atom stereocenters. The number of ether oxygens (including phenoxy) is 4. The SMILES string of the molecule is C[C@@H]1CN2C[C@@H]3CCC4CCC5C(C(=O)OC[C@H]6O[C@@H](O[C@@H]7OC=C(C(=O)O)[C@H]8CC=C(CO)[C@@H]78)[C@H](O)[C@@H](O)[C@@H]6O)CC6(C2C1CC[C@@]36C)[C@]45O. The number of allylic oxidation sites excluding steroid dienone is 1. The van der Waals surface area contributed by atoms with Crippen molar-refractivity contribution in [3.63, 3.8) is 0 Å². The minimum atomic E-state index is -1.70. The Morgan fingerprint density at radius 1 is 1.02 bits per heavy atom. The molecule has 13 nitrogen and oxygen atoms in total. The van der Waals surface area contributed by atoms with Crippen molar-refractivity contribution in [2.45, 2.75) is 114 Å². The molecule has 1 spiro atoms. The molecular formula is C38H53NO12. The van der Waals surface area contributed by atoms with Crippen molar-refractivity contribution in [3.05, 3.63) is 23.5 Å². The van der Waals surface area contributed by atoms with Gasteiger partial charge < -0.3 is 49.6 Å². The number of nitrogens with zero attached hydrogens (tertiary/aromatic N) is 1. The number of aliphatic hydroxyl groups excluding tert-OH is 4. The van der Waals surface area contributed by atoms with Crippen LogP contribution in [0.5, 0.6) is 0 Å². The minimum absolute atomic E-state index is 0.0331. The molecule has 9 aliphatic rings. The lowest BCUT2D eigenvalue weighted by Crippen LogP contribution is -2.73. The molecule has 0 aromatic carbocycles. The quantitative estimate of drug-likeness (QED) is 0.163. The number of hydrogen-bond donors (Lipinski definition) is 6. The van der Waals surface area contributed by atoms with Gasteiger partial charge in [-0.05, 0) is 86.0 Å². The Labute approximate surface area is 297 Å². The van der Waals surface area contributed by atoms with E-state index in [-0.39, 0.29) is 35.5 Å². The number of carbonyl (C=O) groups is 2. The third kappa shape index (κ3) is 4.49. The van der Waals surface area contributed by atoms with Gasteiger partial charge in [-0.25, -0.2) is 4.79 Å². The van der Waals surface area contributed by atoms with E-state index in [9.17, 15) is 40.2 Å². The Balaban J connectivity index is 0.942. The summed E-state index contributed by atoms with van der Waals surface area (Å²) in [4.78, 5) is 28.8. The third-order valence-electron chi connectivity index (χ3n) is 16.1. The van der Waals surface area contributed by atoms with Gasteiger partial charge in [0.1, 0.15) is 31.0 Å². The highest BCUT2D eigenvalue weighted by Crippen LogP contribution is 2.79. The van der Waals surface area contributed by atoms with Crippen LogP contribution in [0.1, 0.15) is 65.2 Å². The molecule has 0 amide bonds. The normalized spacial score (nSPS) is 53.7. The van der Waals surface area contributed by atoms with Crippen molar-refractivity contribution in [1.29, 1.82) is 0 Å². The van der Waals surface area contributed by atoms with Crippen molar-refractivity contribution in [2.75, 3.05) is 26.3 Å². The molecule has 4 bridgehead atoms. The molecule has 4 heterocycles. The van der Waals surface area contributed by atoms with Crippen LogP contribution in [-0.4, -0.2) is 122 Å².